The maximum absolute atomic E-state index is 12.5. The van der Waals surface area contributed by atoms with E-state index in [0.717, 1.165) is 10.0 Å². The van der Waals surface area contributed by atoms with E-state index in [9.17, 15) is 4.79 Å². The summed E-state index contributed by atoms with van der Waals surface area (Å²) in [6, 6.07) is 8.87. The molecule has 0 saturated carbocycles. The fourth-order valence-corrected chi connectivity index (χ4v) is 2.72. The van der Waals surface area contributed by atoms with Crippen LogP contribution in [0, 0.1) is 6.92 Å². The van der Waals surface area contributed by atoms with Gasteiger partial charge in [-0.3, -0.25) is 4.79 Å². The summed E-state index contributed by atoms with van der Waals surface area (Å²) >= 11 is 9.50. The number of hydrogen-bond donors (Lipinski definition) is 0. The van der Waals surface area contributed by atoms with Crippen molar-refractivity contribution < 1.29 is 4.42 Å². The third-order valence-electron chi connectivity index (χ3n) is 2.95. The molecule has 0 atom stereocenters. The van der Waals surface area contributed by atoms with Gasteiger partial charge in [0.1, 0.15) is 5.58 Å². The molecule has 0 fully saturated rings. The number of rotatable bonds is 0. The maximum Gasteiger partial charge on any atom is 0.201 e. The van der Waals surface area contributed by atoms with Crippen molar-refractivity contribution in [1.29, 1.82) is 0 Å². The van der Waals surface area contributed by atoms with Gasteiger partial charge in [-0.05, 0) is 46.6 Å². The SMILES string of the molecule is Cc1ccc2oc3c(Cl)cccc3c(=O)c2c1Br. The minimum absolute atomic E-state index is 0.0654. The van der Waals surface area contributed by atoms with E-state index < -0.39 is 0 Å². The Morgan fingerprint density at radius 1 is 1.22 bits per heavy atom. The van der Waals surface area contributed by atoms with Crippen molar-refractivity contribution in [1.82, 2.24) is 0 Å². The molecule has 0 unspecified atom stereocenters. The standard InChI is InChI=1S/C14H8BrClO2/c1-7-5-6-10-11(12(7)15)13(17)8-3-2-4-9(16)14(8)18-10/h2-6H,1H3. The smallest absolute Gasteiger partial charge is 0.201 e. The summed E-state index contributed by atoms with van der Waals surface area (Å²) in [6.45, 7) is 1.94. The Labute approximate surface area is 116 Å². The van der Waals surface area contributed by atoms with E-state index in [1.165, 1.54) is 0 Å². The van der Waals surface area contributed by atoms with Crippen molar-refractivity contribution in [2.45, 2.75) is 6.92 Å². The molecule has 4 heteroatoms. The van der Waals surface area contributed by atoms with Gasteiger partial charge in [0.25, 0.3) is 0 Å². The lowest BCUT2D eigenvalue weighted by Crippen LogP contribution is -2.03. The van der Waals surface area contributed by atoms with Crippen LogP contribution < -0.4 is 5.43 Å². The molecule has 1 aromatic heterocycles. The molecule has 0 saturated heterocycles. The van der Waals surface area contributed by atoms with Crippen LogP contribution in [-0.2, 0) is 0 Å². The number of fused-ring (bicyclic) bond motifs is 2. The fourth-order valence-electron chi connectivity index (χ4n) is 2.00. The lowest BCUT2D eigenvalue weighted by Gasteiger charge is -2.05. The van der Waals surface area contributed by atoms with Crippen molar-refractivity contribution in [3.63, 3.8) is 0 Å². The molecular weight excluding hydrogens is 316 g/mol. The first-order chi connectivity index (χ1) is 8.59. The Bertz CT molecular complexity index is 836. The van der Waals surface area contributed by atoms with Gasteiger partial charge in [0.15, 0.2) is 5.58 Å². The van der Waals surface area contributed by atoms with Gasteiger partial charge in [-0.15, -0.1) is 0 Å². The lowest BCUT2D eigenvalue weighted by molar-refractivity contribution is 0.659. The van der Waals surface area contributed by atoms with Gasteiger partial charge in [0.2, 0.25) is 5.43 Å². The predicted molar refractivity (Wildman–Crippen MR) is 77.4 cm³/mol. The maximum atomic E-state index is 12.5. The van der Waals surface area contributed by atoms with Crippen LogP contribution in [0.1, 0.15) is 5.56 Å². The minimum atomic E-state index is -0.0654. The zero-order valence-corrected chi connectivity index (χ0v) is 11.8. The first-order valence-corrected chi connectivity index (χ1v) is 6.57. The second kappa shape index (κ2) is 4.11. The Balaban J connectivity index is 2.66. The predicted octanol–water partition coefficient (Wildman–Crippen LogP) is 4.67. The summed E-state index contributed by atoms with van der Waals surface area (Å²) in [7, 11) is 0. The number of aryl methyl sites for hydroxylation is 1. The van der Waals surface area contributed by atoms with Crippen LogP contribution in [0.2, 0.25) is 5.02 Å². The Kier molecular flexibility index (Phi) is 2.68. The van der Waals surface area contributed by atoms with Crippen LogP contribution in [0.3, 0.4) is 0 Å². The van der Waals surface area contributed by atoms with Gasteiger partial charge in [0.05, 0.1) is 15.8 Å². The van der Waals surface area contributed by atoms with E-state index in [2.05, 4.69) is 15.9 Å². The second-order valence-electron chi connectivity index (χ2n) is 4.12. The third-order valence-corrected chi connectivity index (χ3v) is 4.27. The van der Waals surface area contributed by atoms with E-state index in [-0.39, 0.29) is 5.43 Å². The quantitative estimate of drug-likeness (QED) is 0.563. The lowest BCUT2D eigenvalue weighted by atomic mass is 10.1. The molecule has 0 aliphatic heterocycles. The molecule has 1 heterocycles. The monoisotopic (exact) mass is 322 g/mol. The molecule has 2 nitrogen and oxygen atoms in total. The highest BCUT2D eigenvalue weighted by atomic mass is 79.9. The molecule has 0 N–H and O–H groups in total. The van der Waals surface area contributed by atoms with Crippen LogP contribution in [-0.4, -0.2) is 0 Å². The van der Waals surface area contributed by atoms with Gasteiger partial charge in [-0.1, -0.05) is 23.7 Å². The summed E-state index contributed by atoms with van der Waals surface area (Å²) in [5.41, 5.74) is 1.91. The zero-order valence-electron chi connectivity index (χ0n) is 9.46. The molecule has 18 heavy (non-hydrogen) atoms. The molecular formula is C14H8BrClO2. The van der Waals surface area contributed by atoms with Gasteiger partial charge >= 0.3 is 0 Å². The van der Waals surface area contributed by atoms with Crippen LogP contribution in [0.15, 0.2) is 44.0 Å². The Morgan fingerprint density at radius 2 is 2.00 bits per heavy atom. The van der Waals surface area contributed by atoms with Crippen LogP contribution in [0.5, 0.6) is 0 Å². The third kappa shape index (κ3) is 1.58. The van der Waals surface area contributed by atoms with Crippen molar-refractivity contribution in [2.75, 3.05) is 0 Å². The van der Waals surface area contributed by atoms with E-state index in [4.69, 9.17) is 16.0 Å². The Hall–Kier alpha value is -1.32. The highest BCUT2D eigenvalue weighted by molar-refractivity contribution is 9.10. The summed E-state index contributed by atoms with van der Waals surface area (Å²) in [6.07, 6.45) is 0. The number of hydrogen-bond acceptors (Lipinski definition) is 2. The van der Waals surface area contributed by atoms with Crippen LogP contribution in [0.25, 0.3) is 21.9 Å². The van der Waals surface area contributed by atoms with Crippen molar-refractivity contribution >= 4 is 49.5 Å². The van der Waals surface area contributed by atoms with Gasteiger partial charge in [0, 0.05) is 4.47 Å². The van der Waals surface area contributed by atoms with E-state index >= 15 is 0 Å². The summed E-state index contributed by atoms with van der Waals surface area (Å²) in [5.74, 6) is 0. The summed E-state index contributed by atoms with van der Waals surface area (Å²) in [5, 5.41) is 1.51. The van der Waals surface area contributed by atoms with Crippen molar-refractivity contribution in [2.24, 2.45) is 0 Å². The number of benzene rings is 2. The highest BCUT2D eigenvalue weighted by Gasteiger charge is 2.13. The zero-order chi connectivity index (χ0) is 12.9. The van der Waals surface area contributed by atoms with Crippen molar-refractivity contribution in [3.8, 4) is 0 Å². The minimum Gasteiger partial charge on any atom is -0.454 e. The topological polar surface area (TPSA) is 30.2 Å². The van der Waals surface area contributed by atoms with Crippen molar-refractivity contribution in [3.05, 3.63) is 55.6 Å². The molecule has 0 spiro atoms. The highest BCUT2D eigenvalue weighted by Crippen LogP contribution is 2.30. The first kappa shape index (κ1) is 11.8. The summed E-state index contributed by atoms with van der Waals surface area (Å²) in [4.78, 5) is 12.5. The summed E-state index contributed by atoms with van der Waals surface area (Å²) < 4.78 is 6.51. The first-order valence-electron chi connectivity index (χ1n) is 5.40. The van der Waals surface area contributed by atoms with Gasteiger partial charge < -0.3 is 4.42 Å². The average molecular weight is 324 g/mol. The number of para-hydroxylation sites is 1. The molecule has 0 aliphatic carbocycles. The van der Waals surface area contributed by atoms with Crippen LogP contribution >= 0.6 is 27.5 Å². The molecule has 0 amide bonds. The van der Waals surface area contributed by atoms with Gasteiger partial charge in [-0.2, -0.15) is 0 Å². The van der Waals surface area contributed by atoms with Crippen LogP contribution in [0.4, 0.5) is 0 Å². The molecule has 90 valence electrons. The normalized spacial score (nSPS) is 11.3. The molecule has 3 rings (SSSR count). The largest absolute Gasteiger partial charge is 0.454 e. The number of halogens is 2. The average Bonchev–Trinajstić information content (AvgIpc) is 2.35. The van der Waals surface area contributed by atoms with Gasteiger partial charge in [-0.25, -0.2) is 0 Å². The van der Waals surface area contributed by atoms with E-state index in [0.29, 0.717) is 27.0 Å². The molecule has 0 aliphatic rings. The fraction of sp³-hybridized carbons (Fsp3) is 0.0714. The Morgan fingerprint density at radius 3 is 2.78 bits per heavy atom. The molecule has 0 radical (unpaired) electrons. The van der Waals surface area contributed by atoms with E-state index in [1.54, 1.807) is 24.3 Å². The molecule has 3 aromatic rings. The molecule has 0 bridgehead atoms. The van der Waals surface area contributed by atoms with E-state index in [1.807, 2.05) is 13.0 Å². The second-order valence-corrected chi connectivity index (χ2v) is 5.32. The molecule has 2 aromatic carbocycles.